The second-order valence-electron chi connectivity index (χ2n) is 6.14. The van der Waals surface area contributed by atoms with Crippen LogP contribution in [-0.2, 0) is 16.8 Å². The van der Waals surface area contributed by atoms with Gasteiger partial charge >= 0.3 is 0 Å². The van der Waals surface area contributed by atoms with E-state index in [9.17, 15) is 4.79 Å². The summed E-state index contributed by atoms with van der Waals surface area (Å²) < 4.78 is 6.03. The molecule has 0 unspecified atom stereocenters. The Morgan fingerprint density at radius 3 is 2.57 bits per heavy atom. The highest BCUT2D eigenvalue weighted by Crippen LogP contribution is 2.41. The minimum atomic E-state index is -0.473. The Hall–Kier alpha value is -1.36. The molecule has 0 amide bonds. The van der Waals surface area contributed by atoms with Crippen LogP contribution < -0.4 is 11.3 Å². The molecule has 118 valence electrons. The summed E-state index contributed by atoms with van der Waals surface area (Å²) in [6, 6.07) is 0. The minimum Gasteiger partial charge on any atom is -0.383 e. The number of hydrogen-bond acceptors (Lipinski definition) is 4. The van der Waals surface area contributed by atoms with E-state index in [0.717, 1.165) is 32.1 Å². The summed E-state index contributed by atoms with van der Waals surface area (Å²) in [5.41, 5.74) is 6.02. The van der Waals surface area contributed by atoms with Gasteiger partial charge in [0, 0.05) is 6.61 Å². The number of nitrogens with zero attached hydrogens (tertiary/aromatic N) is 1. The molecule has 0 aromatic carbocycles. The molecular weight excluding hydrogens is 266 g/mol. The first-order valence-electron chi connectivity index (χ1n) is 8.05. The van der Waals surface area contributed by atoms with Crippen molar-refractivity contribution in [2.75, 3.05) is 12.3 Å². The van der Waals surface area contributed by atoms with Gasteiger partial charge in [-0.15, -0.1) is 0 Å². The summed E-state index contributed by atoms with van der Waals surface area (Å²) in [6.45, 7) is 6.86. The zero-order valence-electron chi connectivity index (χ0n) is 13.4. The van der Waals surface area contributed by atoms with Crippen molar-refractivity contribution in [3.8, 4) is 0 Å². The molecule has 0 bridgehead atoms. The number of H-pyrrole nitrogens is 1. The largest absolute Gasteiger partial charge is 0.383 e. The van der Waals surface area contributed by atoms with Gasteiger partial charge in [0.1, 0.15) is 17.2 Å². The average Bonchev–Trinajstić information content (AvgIpc) is 2.45. The van der Waals surface area contributed by atoms with E-state index in [1.165, 1.54) is 0 Å². The summed E-state index contributed by atoms with van der Waals surface area (Å²) in [5, 5.41) is 0. The lowest BCUT2D eigenvalue weighted by Gasteiger charge is -2.38. The molecule has 5 nitrogen and oxygen atoms in total. The number of hydrogen-bond donors (Lipinski definition) is 2. The number of rotatable bonds is 5. The van der Waals surface area contributed by atoms with Gasteiger partial charge in [0.2, 0.25) is 0 Å². The molecule has 0 radical (unpaired) electrons. The number of aromatic nitrogens is 2. The van der Waals surface area contributed by atoms with Crippen molar-refractivity contribution in [1.29, 1.82) is 0 Å². The third-order valence-electron chi connectivity index (χ3n) is 4.48. The molecule has 1 aliphatic carbocycles. The molecule has 1 saturated carbocycles. The Morgan fingerprint density at radius 1 is 1.38 bits per heavy atom. The highest BCUT2D eigenvalue weighted by molar-refractivity contribution is 5.38. The van der Waals surface area contributed by atoms with Gasteiger partial charge < -0.3 is 15.5 Å². The summed E-state index contributed by atoms with van der Waals surface area (Å²) in [7, 11) is 0. The van der Waals surface area contributed by atoms with Crippen LogP contribution in [0.3, 0.4) is 0 Å². The maximum absolute atomic E-state index is 12.3. The number of aromatic amines is 1. The van der Waals surface area contributed by atoms with Crippen LogP contribution >= 0.6 is 0 Å². The molecule has 1 fully saturated rings. The molecule has 0 spiro atoms. The second-order valence-corrected chi connectivity index (χ2v) is 6.14. The lowest BCUT2D eigenvalue weighted by molar-refractivity contribution is -0.0837. The number of nitrogens with one attached hydrogen (secondary N) is 1. The zero-order valence-corrected chi connectivity index (χ0v) is 13.4. The van der Waals surface area contributed by atoms with Gasteiger partial charge in [0.25, 0.3) is 5.56 Å². The fourth-order valence-corrected chi connectivity index (χ4v) is 3.18. The van der Waals surface area contributed by atoms with Crippen molar-refractivity contribution >= 4 is 5.82 Å². The van der Waals surface area contributed by atoms with Crippen molar-refractivity contribution in [3.05, 3.63) is 21.7 Å². The van der Waals surface area contributed by atoms with Crippen LogP contribution in [-0.4, -0.2) is 16.6 Å². The van der Waals surface area contributed by atoms with Crippen molar-refractivity contribution in [2.24, 2.45) is 5.92 Å². The molecule has 1 aromatic heterocycles. The van der Waals surface area contributed by atoms with Crippen LogP contribution in [0.4, 0.5) is 5.82 Å². The zero-order chi connectivity index (χ0) is 15.5. The van der Waals surface area contributed by atoms with Crippen molar-refractivity contribution < 1.29 is 4.74 Å². The molecule has 1 aliphatic rings. The molecule has 5 heteroatoms. The Morgan fingerprint density at radius 2 is 2.05 bits per heavy atom. The SMILES string of the molecule is CCCc1c(N)nc(C2(OCC)CCC(C)CC2)[nH]c1=O. The first kappa shape index (κ1) is 16.0. The van der Waals surface area contributed by atoms with Gasteiger partial charge in [-0.3, -0.25) is 4.79 Å². The number of nitrogens with two attached hydrogens (primary N) is 1. The normalized spacial score (nSPS) is 26.0. The number of anilines is 1. The van der Waals surface area contributed by atoms with Gasteiger partial charge in [-0.1, -0.05) is 20.3 Å². The maximum atomic E-state index is 12.3. The molecule has 0 atom stereocenters. The van der Waals surface area contributed by atoms with E-state index in [0.29, 0.717) is 36.2 Å². The maximum Gasteiger partial charge on any atom is 0.256 e. The summed E-state index contributed by atoms with van der Waals surface area (Å²) in [6.07, 6.45) is 5.48. The van der Waals surface area contributed by atoms with Crippen molar-refractivity contribution in [1.82, 2.24) is 9.97 Å². The predicted octanol–water partition coefficient (Wildman–Crippen LogP) is 2.75. The van der Waals surface area contributed by atoms with Crippen LogP contribution in [0.5, 0.6) is 0 Å². The third kappa shape index (κ3) is 3.28. The average molecular weight is 293 g/mol. The Bertz CT molecular complexity index is 531. The number of nitrogen functional groups attached to an aromatic ring is 1. The van der Waals surface area contributed by atoms with E-state index in [-0.39, 0.29) is 5.56 Å². The molecule has 1 aromatic rings. The quantitative estimate of drug-likeness (QED) is 0.874. The predicted molar refractivity (Wildman–Crippen MR) is 84.2 cm³/mol. The van der Waals surface area contributed by atoms with Crippen LogP contribution in [0, 0.1) is 5.92 Å². The Kier molecular flexibility index (Phi) is 5.04. The van der Waals surface area contributed by atoms with Gasteiger partial charge in [0.05, 0.1) is 5.56 Å². The summed E-state index contributed by atoms with van der Waals surface area (Å²) in [4.78, 5) is 19.7. The first-order valence-corrected chi connectivity index (χ1v) is 8.05. The molecule has 1 heterocycles. The highest BCUT2D eigenvalue weighted by Gasteiger charge is 2.39. The highest BCUT2D eigenvalue weighted by atomic mass is 16.5. The minimum absolute atomic E-state index is 0.114. The van der Waals surface area contributed by atoms with Gasteiger partial charge in [-0.05, 0) is 44.9 Å². The van der Waals surface area contributed by atoms with Crippen molar-refractivity contribution in [3.63, 3.8) is 0 Å². The Labute approximate surface area is 126 Å². The van der Waals surface area contributed by atoms with E-state index in [1.54, 1.807) is 0 Å². The summed E-state index contributed by atoms with van der Waals surface area (Å²) >= 11 is 0. The summed E-state index contributed by atoms with van der Waals surface area (Å²) in [5.74, 6) is 1.66. The van der Waals surface area contributed by atoms with Crippen LogP contribution in [0.15, 0.2) is 4.79 Å². The molecule has 0 aliphatic heterocycles. The molecule has 2 rings (SSSR count). The van der Waals surface area contributed by atoms with Crippen LogP contribution in [0.25, 0.3) is 0 Å². The third-order valence-corrected chi connectivity index (χ3v) is 4.48. The van der Waals surface area contributed by atoms with E-state index >= 15 is 0 Å². The molecule has 0 saturated heterocycles. The van der Waals surface area contributed by atoms with Gasteiger partial charge in [-0.25, -0.2) is 4.98 Å². The molecule has 21 heavy (non-hydrogen) atoms. The second kappa shape index (κ2) is 6.60. The van der Waals surface area contributed by atoms with Crippen molar-refractivity contribution in [2.45, 2.75) is 64.9 Å². The standard InChI is InChI=1S/C16H27N3O2/c1-4-6-12-13(17)18-15(19-14(12)20)16(21-5-2)9-7-11(3)8-10-16/h11H,4-10H2,1-3H3,(H3,17,18,19,20). The topological polar surface area (TPSA) is 81.0 Å². The first-order chi connectivity index (χ1) is 10.0. The van der Waals surface area contributed by atoms with E-state index in [1.807, 2.05) is 13.8 Å². The van der Waals surface area contributed by atoms with E-state index in [4.69, 9.17) is 10.5 Å². The van der Waals surface area contributed by atoms with Gasteiger partial charge in [-0.2, -0.15) is 0 Å². The fourth-order valence-electron chi connectivity index (χ4n) is 3.18. The monoisotopic (exact) mass is 293 g/mol. The smallest absolute Gasteiger partial charge is 0.256 e. The van der Waals surface area contributed by atoms with Crippen LogP contribution in [0.2, 0.25) is 0 Å². The lowest BCUT2D eigenvalue weighted by atomic mass is 9.78. The van der Waals surface area contributed by atoms with Gasteiger partial charge in [0.15, 0.2) is 0 Å². The molecule has 3 N–H and O–H groups in total. The fraction of sp³-hybridized carbons (Fsp3) is 0.750. The van der Waals surface area contributed by atoms with E-state index < -0.39 is 5.60 Å². The Balaban J connectivity index is 2.39. The van der Waals surface area contributed by atoms with Crippen LogP contribution in [0.1, 0.15) is 64.3 Å². The lowest BCUT2D eigenvalue weighted by Crippen LogP contribution is -2.38. The van der Waals surface area contributed by atoms with E-state index in [2.05, 4.69) is 16.9 Å². The number of ether oxygens (including phenoxy) is 1. The molecular formula is C16H27N3O2.